The monoisotopic (exact) mass is 563 g/mol. The lowest BCUT2D eigenvalue weighted by Crippen LogP contribution is -2.30. The summed E-state index contributed by atoms with van der Waals surface area (Å²) in [5.41, 5.74) is 6.35. The molecule has 15 heteroatoms. The van der Waals surface area contributed by atoms with Crippen LogP contribution in [0.25, 0.3) is 16.9 Å². The highest BCUT2D eigenvalue weighted by atomic mass is 35.5. The first-order valence-corrected chi connectivity index (χ1v) is 12.5. The number of β-amino-alcohol motifs (C(OH)–C–C–N with tert-alkyl or cyclic N) is 1. The maximum atomic E-state index is 13.3. The number of nitrogen functional groups attached to an aromatic ring is 1. The van der Waals surface area contributed by atoms with Crippen molar-refractivity contribution in [2.45, 2.75) is 25.6 Å². The predicted octanol–water partition coefficient (Wildman–Crippen LogP) is 3.08. The van der Waals surface area contributed by atoms with Crippen LogP contribution in [0.5, 0.6) is 5.75 Å². The van der Waals surface area contributed by atoms with Crippen molar-refractivity contribution in [2.24, 2.45) is 0 Å². The zero-order valence-electron chi connectivity index (χ0n) is 19.5. The molecular formula is C23H20ClF2N7O4S. The number of hydrogen-bond acceptors (Lipinski definition) is 9. The first-order chi connectivity index (χ1) is 18.2. The highest BCUT2D eigenvalue weighted by Crippen LogP contribution is 2.41. The van der Waals surface area contributed by atoms with Gasteiger partial charge in [-0.05, 0) is 30.7 Å². The Morgan fingerprint density at radius 3 is 2.92 bits per heavy atom. The fraction of sp³-hybridized carbons (Fsp3) is 0.261. The molecule has 0 radical (unpaired) electrons. The zero-order chi connectivity index (χ0) is 27.0. The molecule has 198 valence electrons. The minimum atomic E-state index is -3.13. The van der Waals surface area contributed by atoms with E-state index in [0.29, 0.717) is 18.0 Å². The molecule has 1 aliphatic rings. The molecule has 1 aliphatic heterocycles. The number of nitrogens with zero attached hydrogens (tertiary/aromatic N) is 5. The van der Waals surface area contributed by atoms with E-state index in [4.69, 9.17) is 17.3 Å². The van der Waals surface area contributed by atoms with Crippen LogP contribution in [0.2, 0.25) is 5.02 Å². The molecule has 11 nitrogen and oxygen atoms in total. The molecule has 4 aromatic rings. The molecular weight excluding hydrogens is 544 g/mol. The number of ether oxygens (including phenoxy) is 1. The Kier molecular flexibility index (Phi) is 7.10. The number of fused-ring (bicyclic) bond motifs is 1. The number of aliphatic hydroxyl groups excluding tert-OH is 1. The maximum absolute atomic E-state index is 13.3. The van der Waals surface area contributed by atoms with E-state index in [9.17, 15) is 23.5 Å². The number of nitrogens with one attached hydrogen (secondary N) is 1. The summed E-state index contributed by atoms with van der Waals surface area (Å²) < 4.78 is 32.3. The highest BCUT2D eigenvalue weighted by molar-refractivity contribution is 7.16. The van der Waals surface area contributed by atoms with E-state index in [1.54, 1.807) is 12.3 Å². The normalized spacial score (nSPS) is 15.4. The smallest absolute Gasteiger partial charge is 0.387 e. The lowest BCUT2D eigenvalue weighted by molar-refractivity contribution is -0.129. The third-order valence-electron chi connectivity index (χ3n) is 5.78. The van der Waals surface area contributed by atoms with Crippen molar-refractivity contribution in [3.8, 4) is 17.0 Å². The van der Waals surface area contributed by atoms with Gasteiger partial charge in [-0.1, -0.05) is 11.6 Å². The Morgan fingerprint density at radius 2 is 2.18 bits per heavy atom. The topological polar surface area (TPSA) is 148 Å². The van der Waals surface area contributed by atoms with Gasteiger partial charge in [0.2, 0.25) is 5.91 Å². The Labute approximate surface area is 222 Å². The van der Waals surface area contributed by atoms with Gasteiger partial charge in [0, 0.05) is 36.1 Å². The Hall–Kier alpha value is -3.88. The standard InChI is InChI=1S/C23H20ClF2N7O4S/c24-11-2-3-14(37-23(25)26)13(8-11)18-22(38-15(29-18)9-16(35)32-7-4-12(34)10-32)30-21(36)17-19(27)31-33-6-1-5-28-20(17)33/h1-3,5-6,8,12,23,34H,4,7,9-10H2,(H2,27,31)(H,30,36)/t12-/m1/s1. The zero-order valence-corrected chi connectivity index (χ0v) is 21.0. The Bertz CT molecular complexity index is 1530. The van der Waals surface area contributed by atoms with Gasteiger partial charge in [0.1, 0.15) is 27.0 Å². The maximum Gasteiger partial charge on any atom is 0.387 e. The Balaban J connectivity index is 1.54. The van der Waals surface area contributed by atoms with Crippen LogP contribution in [0.3, 0.4) is 0 Å². The number of hydrogen-bond donors (Lipinski definition) is 3. The number of aromatic nitrogens is 4. The minimum absolute atomic E-state index is 0.00350. The lowest BCUT2D eigenvalue weighted by Gasteiger charge is -2.14. The summed E-state index contributed by atoms with van der Waals surface area (Å²) in [6, 6.07) is 5.63. The van der Waals surface area contributed by atoms with Crippen LogP contribution in [-0.2, 0) is 11.2 Å². The molecule has 0 aliphatic carbocycles. The van der Waals surface area contributed by atoms with Crippen LogP contribution in [0.15, 0.2) is 36.7 Å². The molecule has 3 aromatic heterocycles. The number of benzene rings is 1. The quantitative estimate of drug-likeness (QED) is 0.311. The molecule has 38 heavy (non-hydrogen) atoms. The van der Waals surface area contributed by atoms with Crippen LogP contribution in [0.1, 0.15) is 21.8 Å². The summed E-state index contributed by atoms with van der Waals surface area (Å²) >= 11 is 7.13. The van der Waals surface area contributed by atoms with Crippen molar-refractivity contribution in [2.75, 3.05) is 24.1 Å². The molecule has 0 saturated carbocycles. The number of alkyl halides is 2. The summed E-state index contributed by atoms with van der Waals surface area (Å²) in [6.07, 6.45) is 2.80. The van der Waals surface area contributed by atoms with Crippen molar-refractivity contribution in [3.05, 3.63) is 52.3 Å². The van der Waals surface area contributed by atoms with Crippen LogP contribution in [0.4, 0.5) is 19.6 Å². The van der Waals surface area contributed by atoms with Crippen LogP contribution in [0, 0.1) is 0 Å². The highest BCUT2D eigenvalue weighted by Gasteiger charge is 2.28. The molecule has 1 fully saturated rings. The van der Waals surface area contributed by atoms with Crippen LogP contribution >= 0.6 is 22.9 Å². The SMILES string of the molecule is Nc1nn2cccnc2c1C(=O)Nc1sc(CC(=O)N2CC[C@@H](O)C2)nc1-c1cc(Cl)ccc1OC(F)F. The third-order valence-corrected chi connectivity index (χ3v) is 6.99. The fourth-order valence-electron chi connectivity index (χ4n) is 4.09. The number of anilines is 2. The third kappa shape index (κ3) is 5.23. The van der Waals surface area contributed by atoms with Gasteiger partial charge in [0.15, 0.2) is 11.5 Å². The number of thiazole rings is 1. The second-order valence-corrected chi connectivity index (χ2v) is 9.89. The van der Waals surface area contributed by atoms with Gasteiger partial charge in [-0.3, -0.25) is 9.59 Å². The molecule has 0 bridgehead atoms. The fourth-order valence-corrected chi connectivity index (χ4v) is 5.23. The number of likely N-dealkylation sites (tertiary alicyclic amines) is 1. The first kappa shape index (κ1) is 25.8. The average Bonchev–Trinajstić information content (AvgIpc) is 3.56. The van der Waals surface area contributed by atoms with Gasteiger partial charge in [-0.2, -0.15) is 8.78 Å². The predicted molar refractivity (Wildman–Crippen MR) is 135 cm³/mol. The lowest BCUT2D eigenvalue weighted by atomic mass is 10.1. The summed E-state index contributed by atoms with van der Waals surface area (Å²) in [4.78, 5) is 36.3. The minimum Gasteiger partial charge on any atom is -0.434 e. The number of amides is 2. The van der Waals surface area contributed by atoms with Gasteiger partial charge >= 0.3 is 6.61 Å². The van der Waals surface area contributed by atoms with E-state index in [-0.39, 0.29) is 62.9 Å². The van der Waals surface area contributed by atoms with E-state index < -0.39 is 18.6 Å². The van der Waals surface area contributed by atoms with Crippen LogP contribution < -0.4 is 15.8 Å². The van der Waals surface area contributed by atoms with Gasteiger partial charge in [-0.25, -0.2) is 14.5 Å². The van der Waals surface area contributed by atoms with E-state index >= 15 is 0 Å². The second-order valence-electron chi connectivity index (χ2n) is 8.37. The number of aliphatic hydroxyl groups is 1. The van der Waals surface area contributed by atoms with Gasteiger partial charge < -0.3 is 25.8 Å². The molecule has 1 aromatic carbocycles. The van der Waals surface area contributed by atoms with Crippen molar-refractivity contribution in [1.29, 1.82) is 0 Å². The number of nitrogens with two attached hydrogens (primary N) is 1. The molecule has 0 spiro atoms. The second kappa shape index (κ2) is 10.5. The van der Waals surface area contributed by atoms with E-state index in [1.807, 2.05) is 0 Å². The summed E-state index contributed by atoms with van der Waals surface area (Å²) in [5.74, 6) is -1.23. The molecule has 5 rings (SSSR count). The molecule has 4 N–H and O–H groups in total. The number of carbonyl (C=O) groups excluding carboxylic acids is 2. The van der Waals surface area contributed by atoms with Crippen molar-refractivity contribution < 1.29 is 28.2 Å². The largest absolute Gasteiger partial charge is 0.434 e. The molecule has 1 atom stereocenters. The Morgan fingerprint density at radius 1 is 1.37 bits per heavy atom. The molecule has 0 unspecified atom stereocenters. The van der Waals surface area contributed by atoms with E-state index in [1.165, 1.54) is 33.8 Å². The number of rotatable bonds is 7. The number of halogens is 3. The van der Waals surface area contributed by atoms with Crippen molar-refractivity contribution in [3.63, 3.8) is 0 Å². The van der Waals surface area contributed by atoms with E-state index in [0.717, 1.165) is 11.3 Å². The van der Waals surface area contributed by atoms with Gasteiger partial charge in [0.25, 0.3) is 5.91 Å². The average molecular weight is 564 g/mol. The number of carbonyl (C=O) groups is 2. The molecule has 2 amide bonds. The van der Waals surface area contributed by atoms with E-state index in [2.05, 4.69) is 25.1 Å². The summed E-state index contributed by atoms with van der Waals surface area (Å²) in [7, 11) is 0. The van der Waals surface area contributed by atoms with Crippen LogP contribution in [-0.4, -0.2) is 67.2 Å². The van der Waals surface area contributed by atoms with Crippen molar-refractivity contribution >= 4 is 51.2 Å². The molecule has 1 saturated heterocycles. The van der Waals surface area contributed by atoms with Crippen molar-refractivity contribution in [1.82, 2.24) is 24.5 Å². The first-order valence-electron chi connectivity index (χ1n) is 11.3. The van der Waals surface area contributed by atoms with Gasteiger partial charge in [-0.15, -0.1) is 16.4 Å². The summed E-state index contributed by atoms with van der Waals surface area (Å²) in [6.45, 7) is -2.51. The molecule has 4 heterocycles. The van der Waals surface area contributed by atoms with Gasteiger partial charge in [0.05, 0.1) is 12.5 Å². The summed E-state index contributed by atoms with van der Waals surface area (Å²) in [5, 5.41) is 17.2.